The van der Waals surface area contributed by atoms with Gasteiger partial charge < -0.3 is 9.80 Å². The van der Waals surface area contributed by atoms with Crippen LogP contribution in [0.15, 0.2) is 6.20 Å². The number of hydrogen-bond acceptors (Lipinski definition) is 4. The molecule has 3 rings (SSSR count). The van der Waals surface area contributed by atoms with Crippen LogP contribution in [0.5, 0.6) is 0 Å². The lowest BCUT2D eigenvalue weighted by Crippen LogP contribution is -2.48. The van der Waals surface area contributed by atoms with Gasteiger partial charge in [0.05, 0.1) is 11.7 Å². The predicted octanol–water partition coefficient (Wildman–Crippen LogP) is 2.99. The normalized spacial score (nSPS) is 22.5. The first-order valence-electron chi connectivity index (χ1n) is 10.0. The molecule has 5 heteroatoms. The predicted molar refractivity (Wildman–Crippen MR) is 98.2 cm³/mol. The summed E-state index contributed by atoms with van der Waals surface area (Å²) in [5.41, 5.74) is 1.15. The van der Waals surface area contributed by atoms with Crippen LogP contribution < -0.4 is 0 Å². The summed E-state index contributed by atoms with van der Waals surface area (Å²) < 4.78 is 2.14. The van der Waals surface area contributed by atoms with E-state index in [1.54, 1.807) is 0 Å². The molecule has 136 valence electrons. The molecule has 0 aliphatic carbocycles. The first kappa shape index (κ1) is 17.9. The van der Waals surface area contributed by atoms with Gasteiger partial charge in [0.1, 0.15) is 0 Å². The van der Waals surface area contributed by atoms with Gasteiger partial charge in [0.15, 0.2) is 0 Å². The van der Waals surface area contributed by atoms with Crippen LogP contribution >= 0.6 is 0 Å². The van der Waals surface area contributed by atoms with Gasteiger partial charge in [0, 0.05) is 25.3 Å². The summed E-state index contributed by atoms with van der Waals surface area (Å²) >= 11 is 0. The molecule has 0 radical (unpaired) electrons. The van der Waals surface area contributed by atoms with Crippen molar-refractivity contribution < 1.29 is 0 Å². The number of aromatic nitrogens is 3. The minimum Gasteiger partial charge on any atom is -0.303 e. The summed E-state index contributed by atoms with van der Waals surface area (Å²) in [4.78, 5) is 5.38. The van der Waals surface area contributed by atoms with Crippen LogP contribution in [-0.4, -0.2) is 63.6 Å². The maximum absolute atomic E-state index is 4.40. The molecule has 3 heterocycles. The highest BCUT2D eigenvalue weighted by atomic mass is 15.4. The van der Waals surface area contributed by atoms with Crippen LogP contribution in [0.4, 0.5) is 0 Å². The minimum atomic E-state index is 0.551. The fourth-order valence-corrected chi connectivity index (χ4v) is 4.34. The Balaban J connectivity index is 1.45. The first-order chi connectivity index (χ1) is 11.7. The third-order valence-corrected chi connectivity index (χ3v) is 5.66. The molecular formula is C19H35N5. The molecule has 2 aliphatic heterocycles. The molecular weight excluding hydrogens is 298 g/mol. The van der Waals surface area contributed by atoms with E-state index in [1.807, 2.05) is 0 Å². The third-order valence-electron chi connectivity index (χ3n) is 5.66. The fraction of sp³-hybridized carbons (Fsp3) is 0.895. The smallest absolute Gasteiger partial charge is 0.0829 e. The average Bonchev–Trinajstić information content (AvgIpc) is 3.04. The lowest BCUT2D eigenvalue weighted by atomic mass is 9.98. The van der Waals surface area contributed by atoms with Crippen molar-refractivity contribution in [2.75, 3.05) is 32.7 Å². The molecule has 0 N–H and O–H groups in total. The molecule has 0 aromatic carbocycles. The van der Waals surface area contributed by atoms with Crippen LogP contribution in [0.25, 0.3) is 0 Å². The molecule has 0 bridgehead atoms. The Kier molecular flexibility index (Phi) is 6.28. The van der Waals surface area contributed by atoms with E-state index in [4.69, 9.17) is 0 Å². The molecule has 2 aliphatic rings. The van der Waals surface area contributed by atoms with Crippen molar-refractivity contribution >= 4 is 0 Å². The molecule has 5 nitrogen and oxygen atoms in total. The van der Waals surface area contributed by atoms with E-state index in [0.29, 0.717) is 12.0 Å². The van der Waals surface area contributed by atoms with Crippen molar-refractivity contribution in [2.24, 2.45) is 5.92 Å². The Morgan fingerprint density at radius 1 is 1.04 bits per heavy atom. The summed E-state index contributed by atoms with van der Waals surface area (Å²) in [6.45, 7) is 13.1. The van der Waals surface area contributed by atoms with Gasteiger partial charge in [-0.3, -0.25) is 0 Å². The number of piperidine rings is 2. The monoisotopic (exact) mass is 333 g/mol. The fourth-order valence-electron chi connectivity index (χ4n) is 4.34. The van der Waals surface area contributed by atoms with E-state index in [9.17, 15) is 0 Å². The summed E-state index contributed by atoms with van der Waals surface area (Å²) in [6, 6.07) is 1.36. The molecule has 0 atom stereocenters. The Morgan fingerprint density at radius 3 is 2.33 bits per heavy atom. The number of likely N-dealkylation sites (tertiary alicyclic amines) is 2. The lowest BCUT2D eigenvalue weighted by Gasteiger charge is -2.41. The van der Waals surface area contributed by atoms with E-state index in [-0.39, 0.29) is 0 Å². The van der Waals surface area contributed by atoms with Gasteiger partial charge in [-0.1, -0.05) is 26.0 Å². The highest BCUT2D eigenvalue weighted by Gasteiger charge is 2.28. The van der Waals surface area contributed by atoms with Crippen LogP contribution in [-0.2, 0) is 6.42 Å². The number of nitrogens with zero attached hydrogens (tertiary/aromatic N) is 5. The molecule has 24 heavy (non-hydrogen) atoms. The quantitative estimate of drug-likeness (QED) is 0.802. The van der Waals surface area contributed by atoms with E-state index < -0.39 is 0 Å². The summed E-state index contributed by atoms with van der Waals surface area (Å²) in [6.07, 6.45) is 9.66. The largest absolute Gasteiger partial charge is 0.303 e. The van der Waals surface area contributed by atoms with Crippen LogP contribution in [0.2, 0.25) is 0 Å². The maximum atomic E-state index is 4.40. The van der Waals surface area contributed by atoms with Crippen LogP contribution in [0.3, 0.4) is 0 Å². The van der Waals surface area contributed by atoms with Crippen LogP contribution in [0, 0.1) is 5.92 Å². The highest BCUT2D eigenvalue weighted by molar-refractivity contribution is 4.95. The standard InChI is InChI=1S/C19H35N5/c1-4-9-22-10-5-18(6-11-22)23-12-7-19(8-13-23)24-15-17(20-21-24)14-16(2)3/h15-16,18-19H,4-14H2,1-3H3. The highest BCUT2D eigenvalue weighted by Crippen LogP contribution is 2.26. The summed E-state index contributed by atoms with van der Waals surface area (Å²) in [5, 5.41) is 8.76. The van der Waals surface area contributed by atoms with Gasteiger partial charge in [0.2, 0.25) is 0 Å². The zero-order valence-corrected chi connectivity index (χ0v) is 15.8. The molecule has 0 amide bonds. The Morgan fingerprint density at radius 2 is 1.71 bits per heavy atom. The van der Waals surface area contributed by atoms with Gasteiger partial charge in [0.25, 0.3) is 0 Å². The Labute approximate surface area is 147 Å². The van der Waals surface area contributed by atoms with E-state index in [1.165, 1.54) is 64.8 Å². The molecule has 0 saturated carbocycles. The van der Waals surface area contributed by atoms with Gasteiger partial charge in [-0.2, -0.15) is 0 Å². The Hall–Kier alpha value is -0.940. The zero-order valence-electron chi connectivity index (χ0n) is 15.8. The number of rotatable bonds is 6. The van der Waals surface area contributed by atoms with Gasteiger partial charge in [-0.05, 0) is 64.1 Å². The molecule has 1 aromatic rings. The first-order valence-corrected chi connectivity index (χ1v) is 10.0. The average molecular weight is 334 g/mol. The van der Waals surface area contributed by atoms with Gasteiger partial charge in [-0.15, -0.1) is 5.10 Å². The topological polar surface area (TPSA) is 37.2 Å². The Bertz CT molecular complexity index is 482. The zero-order chi connectivity index (χ0) is 16.9. The molecule has 2 fully saturated rings. The van der Waals surface area contributed by atoms with Crippen molar-refractivity contribution in [3.05, 3.63) is 11.9 Å². The molecule has 2 saturated heterocycles. The summed E-state index contributed by atoms with van der Waals surface area (Å²) in [5.74, 6) is 0.649. The maximum Gasteiger partial charge on any atom is 0.0829 e. The second-order valence-corrected chi connectivity index (χ2v) is 8.13. The number of hydrogen-bond donors (Lipinski definition) is 0. The van der Waals surface area contributed by atoms with E-state index >= 15 is 0 Å². The SMILES string of the molecule is CCCN1CCC(N2CCC(n3cc(CC(C)C)nn3)CC2)CC1. The van der Waals surface area contributed by atoms with Crippen molar-refractivity contribution in [3.63, 3.8) is 0 Å². The van der Waals surface area contributed by atoms with Crippen LogP contribution in [0.1, 0.15) is 64.6 Å². The second-order valence-electron chi connectivity index (χ2n) is 8.13. The minimum absolute atomic E-state index is 0.551. The van der Waals surface area contributed by atoms with Crippen molar-refractivity contribution in [1.29, 1.82) is 0 Å². The lowest BCUT2D eigenvalue weighted by molar-refractivity contribution is 0.0771. The van der Waals surface area contributed by atoms with Gasteiger partial charge >= 0.3 is 0 Å². The second kappa shape index (κ2) is 8.43. The summed E-state index contributed by atoms with van der Waals surface area (Å²) in [7, 11) is 0. The molecule has 0 spiro atoms. The molecule has 1 aromatic heterocycles. The van der Waals surface area contributed by atoms with E-state index in [2.05, 4.69) is 51.8 Å². The van der Waals surface area contributed by atoms with Crippen molar-refractivity contribution in [1.82, 2.24) is 24.8 Å². The van der Waals surface area contributed by atoms with Gasteiger partial charge in [-0.25, -0.2) is 4.68 Å². The van der Waals surface area contributed by atoms with E-state index in [0.717, 1.165) is 18.2 Å². The van der Waals surface area contributed by atoms with Crippen molar-refractivity contribution in [2.45, 2.75) is 71.4 Å². The third kappa shape index (κ3) is 4.57. The molecule has 0 unspecified atom stereocenters. The van der Waals surface area contributed by atoms with Crippen molar-refractivity contribution in [3.8, 4) is 0 Å².